The van der Waals surface area contributed by atoms with Gasteiger partial charge in [0.1, 0.15) is 29.4 Å². The van der Waals surface area contributed by atoms with Crippen molar-refractivity contribution in [1.29, 1.82) is 0 Å². The number of anilines is 1. The van der Waals surface area contributed by atoms with Crippen LogP contribution in [-0.4, -0.2) is 58.6 Å². The Bertz CT molecular complexity index is 1720. The highest BCUT2D eigenvalue weighted by atomic mass is 35.5. The zero-order valence-electron chi connectivity index (χ0n) is 25.2. The van der Waals surface area contributed by atoms with Crippen LogP contribution < -0.4 is 4.90 Å². The monoisotopic (exact) mass is 673 g/mol. The average Bonchev–Trinajstić information content (AvgIpc) is 3.78. The van der Waals surface area contributed by atoms with Crippen LogP contribution in [-0.2, 0) is 19.1 Å². The lowest BCUT2D eigenvalue weighted by molar-refractivity contribution is -0.383. The molecular weight excluding hydrogens is 641 g/mol. The van der Waals surface area contributed by atoms with Crippen LogP contribution >= 0.6 is 24.0 Å². The molecule has 2 aliphatic rings. The summed E-state index contributed by atoms with van der Waals surface area (Å²) >= 11 is 5.80. The van der Waals surface area contributed by atoms with Crippen LogP contribution in [0.3, 0.4) is 0 Å². The molecule has 1 atom stereocenters. The first kappa shape index (κ1) is 35.9. The van der Waals surface area contributed by atoms with Crippen molar-refractivity contribution in [3.8, 4) is 0 Å². The maximum Gasteiger partial charge on any atom is 0.328 e. The van der Waals surface area contributed by atoms with Crippen molar-refractivity contribution in [3.63, 3.8) is 0 Å². The van der Waals surface area contributed by atoms with Gasteiger partial charge in [-0.1, -0.05) is 60.8 Å². The molecule has 13 nitrogen and oxygen atoms in total. The number of pyridine rings is 2. The number of aromatic nitrogens is 2. The van der Waals surface area contributed by atoms with Gasteiger partial charge in [-0.05, 0) is 37.8 Å². The Hall–Kier alpha value is -4.62. The van der Waals surface area contributed by atoms with E-state index in [0.717, 1.165) is 19.3 Å². The molecule has 1 aliphatic heterocycles. The zero-order chi connectivity index (χ0) is 32.5. The van der Waals surface area contributed by atoms with Gasteiger partial charge in [0, 0.05) is 17.3 Å². The third-order valence-electron chi connectivity index (χ3n) is 7.76. The minimum Gasteiger partial charge on any atom is -0.469 e. The van der Waals surface area contributed by atoms with E-state index >= 15 is 0 Å². The molecule has 244 valence electrons. The Morgan fingerprint density at radius 2 is 1.28 bits per heavy atom. The maximum atomic E-state index is 11.9. The second-order valence-electron chi connectivity index (χ2n) is 10.4. The second kappa shape index (κ2) is 16.6. The lowest BCUT2D eigenvalue weighted by Gasteiger charge is -2.24. The molecule has 0 N–H and O–H groups in total. The van der Waals surface area contributed by atoms with E-state index in [2.05, 4.69) is 14.7 Å². The van der Waals surface area contributed by atoms with E-state index in [-0.39, 0.29) is 52.8 Å². The fourth-order valence-electron chi connectivity index (χ4n) is 5.56. The number of ether oxygens (including phenoxy) is 2. The Balaban J connectivity index is 0.000000205. The number of nitrogens with zero attached hydrogens (tertiary/aromatic N) is 5. The van der Waals surface area contributed by atoms with Gasteiger partial charge >= 0.3 is 11.9 Å². The lowest BCUT2D eigenvalue weighted by Crippen LogP contribution is -2.37. The van der Waals surface area contributed by atoms with Gasteiger partial charge in [-0.25, -0.2) is 14.8 Å². The van der Waals surface area contributed by atoms with E-state index in [9.17, 15) is 29.8 Å². The second-order valence-corrected chi connectivity index (χ2v) is 10.7. The molecule has 2 aromatic heterocycles. The molecule has 4 aromatic rings. The molecular formula is C31H33Cl2N5O8. The van der Waals surface area contributed by atoms with Crippen LogP contribution in [0.4, 0.5) is 17.2 Å². The van der Waals surface area contributed by atoms with Crippen LogP contribution in [0.5, 0.6) is 0 Å². The van der Waals surface area contributed by atoms with Crippen molar-refractivity contribution in [3.05, 3.63) is 86.3 Å². The molecule has 2 aromatic carbocycles. The molecule has 46 heavy (non-hydrogen) atoms. The summed E-state index contributed by atoms with van der Waals surface area (Å²) in [6.45, 7) is 0.675. The van der Waals surface area contributed by atoms with Crippen molar-refractivity contribution >= 4 is 74.7 Å². The van der Waals surface area contributed by atoms with Crippen molar-refractivity contribution in [2.24, 2.45) is 5.92 Å². The van der Waals surface area contributed by atoms with Gasteiger partial charge in [0.25, 0.3) is 11.4 Å². The Kier molecular flexibility index (Phi) is 13.0. The number of nitro groups is 2. The standard InChI is InChI=1S/C15H15N3O4.C9H5ClN2O2.C7H12O2.ClH/c1-22-15(19)12-7-4-8-17(12)14-11-6-3-2-5-10(11)13(9-16-14)18(20)21;10-9-7-4-2-1-3-6(7)8(5-11-9)12(13)14;1-9-7(8)6-4-2-3-5-6;/h2-3,5-6,9,12H,4,7-8H2,1H3;1-5H;6H,2-5H2,1H3;1H/t12-;;;/m1.../s1. The van der Waals surface area contributed by atoms with Crippen molar-refractivity contribution in [2.45, 2.75) is 44.6 Å². The zero-order valence-corrected chi connectivity index (χ0v) is 26.7. The van der Waals surface area contributed by atoms with Crippen molar-refractivity contribution in [2.75, 3.05) is 25.7 Å². The lowest BCUT2D eigenvalue weighted by atomic mass is 10.1. The van der Waals surface area contributed by atoms with Crippen LogP contribution in [0.2, 0.25) is 5.15 Å². The first-order valence-corrected chi connectivity index (χ1v) is 14.7. The SMILES string of the molecule is COC(=O)C1CCCC1.COC(=O)[C@H]1CCCN1c1ncc([N+](=O)[O-])c2ccccc12.Cl.O=[N+]([O-])c1cnc(Cl)c2ccccc12. The van der Waals surface area contributed by atoms with Gasteiger partial charge in [-0.15, -0.1) is 12.4 Å². The first-order valence-electron chi connectivity index (χ1n) is 14.3. The van der Waals surface area contributed by atoms with Crippen LogP contribution in [0.1, 0.15) is 38.5 Å². The minimum absolute atomic E-state index is 0. The van der Waals surface area contributed by atoms with E-state index in [0.29, 0.717) is 40.3 Å². The number of benzene rings is 2. The van der Waals surface area contributed by atoms with Gasteiger partial charge in [-0.3, -0.25) is 25.0 Å². The van der Waals surface area contributed by atoms with Crippen molar-refractivity contribution < 1.29 is 28.9 Å². The molecule has 2 fully saturated rings. The van der Waals surface area contributed by atoms with Crippen molar-refractivity contribution in [1.82, 2.24) is 9.97 Å². The Morgan fingerprint density at radius 3 is 1.83 bits per heavy atom. The molecule has 0 unspecified atom stereocenters. The van der Waals surface area contributed by atoms with E-state index in [4.69, 9.17) is 16.3 Å². The summed E-state index contributed by atoms with van der Waals surface area (Å²) in [5, 5.41) is 24.4. The Labute approximate surface area is 275 Å². The van der Waals surface area contributed by atoms with Gasteiger partial charge < -0.3 is 14.4 Å². The quantitative estimate of drug-likeness (QED) is 0.0939. The normalized spacial score (nSPS) is 15.5. The molecule has 3 heterocycles. The van der Waals surface area contributed by atoms with Crippen LogP contribution in [0, 0.1) is 26.1 Å². The molecule has 6 rings (SSSR count). The highest BCUT2D eigenvalue weighted by Crippen LogP contribution is 2.35. The smallest absolute Gasteiger partial charge is 0.328 e. The van der Waals surface area contributed by atoms with E-state index in [1.54, 1.807) is 48.5 Å². The molecule has 0 amide bonds. The summed E-state index contributed by atoms with van der Waals surface area (Å²) in [7, 11) is 2.82. The Morgan fingerprint density at radius 1 is 0.783 bits per heavy atom. The summed E-state index contributed by atoms with van der Waals surface area (Å²) in [6.07, 6.45) is 8.43. The summed E-state index contributed by atoms with van der Waals surface area (Å²) in [5.41, 5.74) is -0.0573. The van der Waals surface area contributed by atoms with Gasteiger partial charge in [0.2, 0.25) is 0 Å². The number of rotatable bonds is 5. The molecule has 0 spiro atoms. The average molecular weight is 675 g/mol. The number of esters is 2. The number of carbonyl (C=O) groups is 2. The minimum atomic E-state index is -0.467. The molecule has 1 saturated carbocycles. The predicted octanol–water partition coefficient (Wildman–Crippen LogP) is 6.85. The van der Waals surface area contributed by atoms with Gasteiger partial charge in [0.15, 0.2) is 0 Å². The summed E-state index contributed by atoms with van der Waals surface area (Å²) < 4.78 is 9.44. The third kappa shape index (κ3) is 8.15. The molecule has 1 saturated heterocycles. The third-order valence-corrected chi connectivity index (χ3v) is 8.06. The topological polar surface area (TPSA) is 168 Å². The molecule has 15 heteroatoms. The summed E-state index contributed by atoms with van der Waals surface area (Å²) in [4.78, 5) is 53.5. The van der Waals surface area contributed by atoms with E-state index < -0.39 is 9.85 Å². The van der Waals surface area contributed by atoms with Crippen LogP contribution in [0.15, 0.2) is 60.9 Å². The number of halogens is 2. The van der Waals surface area contributed by atoms with Gasteiger partial charge in [0.05, 0.1) is 40.8 Å². The highest BCUT2D eigenvalue weighted by Gasteiger charge is 2.34. The highest BCUT2D eigenvalue weighted by molar-refractivity contribution is 6.34. The van der Waals surface area contributed by atoms with Crippen LogP contribution in [0.25, 0.3) is 21.5 Å². The number of hydrogen-bond donors (Lipinski definition) is 0. The number of carbonyl (C=O) groups excluding carboxylic acids is 2. The van der Waals surface area contributed by atoms with Gasteiger partial charge in [-0.2, -0.15) is 0 Å². The number of methoxy groups -OCH3 is 2. The molecule has 0 radical (unpaired) electrons. The number of hydrogen-bond acceptors (Lipinski definition) is 11. The predicted molar refractivity (Wildman–Crippen MR) is 175 cm³/mol. The van der Waals surface area contributed by atoms with E-state index in [1.165, 1.54) is 39.5 Å². The fraction of sp³-hybridized carbons (Fsp3) is 0.355. The first-order chi connectivity index (χ1) is 21.7. The largest absolute Gasteiger partial charge is 0.469 e. The maximum absolute atomic E-state index is 11.9. The fourth-order valence-corrected chi connectivity index (χ4v) is 5.77. The number of fused-ring (bicyclic) bond motifs is 2. The molecule has 0 bridgehead atoms. The summed E-state index contributed by atoms with van der Waals surface area (Å²) in [5.74, 6) is 0.485. The van der Waals surface area contributed by atoms with E-state index in [1.807, 2.05) is 4.90 Å². The summed E-state index contributed by atoms with van der Waals surface area (Å²) in [6, 6.07) is 13.5. The molecule has 1 aliphatic carbocycles.